The van der Waals surface area contributed by atoms with Crippen LogP contribution in [0.15, 0.2) is 0 Å². The predicted octanol–water partition coefficient (Wildman–Crippen LogP) is 0.281. The van der Waals surface area contributed by atoms with Gasteiger partial charge in [-0.15, -0.1) is 0 Å². The van der Waals surface area contributed by atoms with Gasteiger partial charge in [-0.1, -0.05) is 0 Å². The van der Waals surface area contributed by atoms with Crippen LogP contribution in [0.5, 0.6) is 0 Å². The maximum absolute atomic E-state index is 11.7. The van der Waals surface area contributed by atoms with Crippen LogP contribution in [-0.2, 0) is 9.53 Å². The van der Waals surface area contributed by atoms with Gasteiger partial charge >= 0.3 is 12.0 Å². The lowest BCUT2D eigenvalue weighted by Crippen LogP contribution is -2.48. The van der Waals surface area contributed by atoms with E-state index in [0.717, 1.165) is 12.8 Å². The summed E-state index contributed by atoms with van der Waals surface area (Å²) in [7, 11) is 0. The highest BCUT2D eigenvalue weighted by Gasteiger charge is 2.42. The molecule has 2 aliphatic rings. The lowest BCUT2D eigenvalue weighted by atomic mass is 10.0. The molecule has 0 aromatic carbocycles. The highest BCUT2D eigenvalue weighted by atomic mass is 32.2. The first-order valence-electron chi connectivity index (χ1n) is 5.96. The maximum atomic E-state index is 11.7. The largest absolute Gasteiger partial charge is 0.481 e. The Bertz CT molecular complexity index is 346. The van der Waals surface area contributed by atoms with Crippen LogP contribution in [0, 0.1) is 5.92 Å². The number of ether oxygens (including phenoxy) is 1. The average Bonchev–Trinajstić information content (AvgIpc) is 2.98. The number of hydrogen-bond donors (Lipinski definition) is 3. The summed E-state index contributed by atoms with van der Waals surface area (Å²) in [4.78, 5) is 22.6. The van der Waals surface area contributed by atoms with E-state index in [4.69, 9.17) is 9.84 Å². The summed E-state index contributed by atoms with van der Waals surface area (Å²) in [5.74, 6) is -1.58. The van der Waals surface area contributed by atoms with Crippen molar-refractivity contribution >= 4 is 23.8 Å². The molecule has 0 bridgehead atoms. The molecule has 1 aliphatic heterocycles. The number of aliphatic carboxylic acids is 1. The predicted molar refractivity (Wildman–Crippen MR) is 67.7 cm³/mol. The van der Waals surface area contributed by atoms with Gasteiger partial charge < -0.3 is 20.5 Å². The van der Waals surface area contributed by atoms with Gasteiger partial charge in [-0.2, -0.15) is 11.8 Å². The van der Waals surface area contributed by atoms with Crippen LogP contribution in [0.25, 0.3) is 0 Å². The van der Waals surface area contributed by atoms with Gasteiger partial charge in [-0.05, 0) is 19.1 Å². The zero-order chi connectivity index (χ0) is 13.2. The SMILES string of the molecule is CSC1(CNC(=O)NC2COCC2C(=O)O)CC1. The van der Waals surface area contributed by atoms with Crippen molar-refractivity contribution in [2.45, 2.75) is 23.6 Å². The van der Waals surface area contributed by atoms with Gasteiger partial charge in [0.1, 0.15) is 5.92 Å². The molecule has 0 spiro atoms. The lowest BCUT2D eigenvalue weighted by Gasteiger charge is -2.18. The number of nitrogens with one attached hydrogen (secondary N) is 2. The van der Waals surface area contributed by atoms with Gasteiger partial charge in [0, 0.05) is 11.3 Å². The van der Waals surface area contributed by atoms with Gasteiger partial charge in [0.25, 0.3) is 0 Å². The Morgan fingerprint density at radius 3 is 2.72 bits per heavy atom. The molecule has 0 aromatic rings. The minimum absolute atomic E-state index is 0.162. The van der Waals surface area contributed by atoms with Crippen molar-refractivity contribution in [2.24, 2.45) is 5.92 Å². The number of thioether (sulfide) groups is 1. The molecule has 2 unspecified atom stereocenters. The van der Waals surface area contributed by atoms with Crippen molar-refractivity contribution in [3.8, 4) is 0 Å². The van der Waals surface area contributed by atoms with Crippen molar-refractivity contribution < 1.29 is 19.4 Å². The van der Waals surface area contributed by atoms with Gasteiger partial charge in [0.2, 0.25) is 0 Å². The van der Waals surface area contributed by atoms with E-state index in [2.05, 4.69) is 10.6 Å². The Balaban J connectivity index is 1.75. The molecule has 0 radical (unpaired) electrons. The van der Waals surface area contributed by atoms with E-state index in [1.165, 1.54) is 0 Å². The molecule has 6 nitrogen and oxygen atoms in total. The normalized spacial score (nSPS) is 28.7. The Hall–Kier alpha value is -0.950. The van der Waals surface area contributed by atoms with Crippen molar-refractivity contribution in [1.82, 2.24) is 10.6 Å². The first-order chi connectivity index (χ1) is 8.56. The fourth-order valence-corrected chi connectivity index (χ4v) is 2.72. The van der Waals surface area contributed by atoms with E-state index in [9.17, 15) is 9.59 Å². The highest BCUT2D eigenvalue weighted by molar-refractivity contribution is 8.00. The zero-order valence-corrected chi connectivity index (χ0v) is 11.1. The number of amides is 2. The highest BCUT2D eigenvalue weighted by Crippen LogP contribution is 2.46. The molecule has 1 saturated heterocycles. The number of carbonyl (C=O) groups is 2. The molecule has 3 N–H and O–H groups in total. The minimum atomic E-state index is -0.930. The monoisotopic (exact) mass is 274 g/mol. The van der Waals surface area contributed by atoms with Crippen molar-refractivity contribution in [3.63, 3.8) is 0 Å². The van der Waals surface area contributed by atoms with E-state index in [1.807, 2.05) is 6.26 Å². The number of rotatable bonds is 5. The maximum Gasteiger partial charge on any atom is 0.315 e. The van der Waals surface area contributed by atoms with E-state index < -0.39 is 17.9 Å². The number of urea groups is 1. The molecule has 2 atom stereocenters. The lowest BCUT2D eigenvalue weighted by molar-refractivity contribution is -0.142. The van der Waals surface area contributed by atoms with Crippen molar-refractivity contribution in [3.05, 3.63) is 0 Å². The number of carboxylic acid groups (broad SMARTS) is 1. The molecule has 7 heteroatoms. The summed E-state index contributed by atoms with van der Waals surface area (Å²) in [6.45, 7) is 1.05. The van der Waals surface area contributed by atoms with Crippen LogP contribution in [-0.4, -0.2) is 53.9 Å². The molecule has 2 amide bonds. The molecule has 1 saturated carbocycles. The summed E-state index contributed by atoms with van der Waals surface area (Å²) < 4.78 is 5.29. The first-order valence-corrected chi connectivity index (χ1v) is 7.19. The standard InChI is InChI=1S/C11H18N2O4S/c1-18-11(2-3-11)6-12-10(16)13-8-5-17-4-7(8)9(14)15/h7-8H,2-6H2,1H3,(H,14,15)(H2,12,13,16). The molecule has 18 heavy (non-hydrogen) atoms. The van der Waals surface area contributed by atoms with Gasteiger partial charge in [-0.3, -0.25) is 4.79 Å². The molecule has 2 fully saturated rings. The second kappa shape index (κ2) is 5.36. The van der Waals surface area contributed by atoms with Crippen LogP contribution < -0.4 is 10.6 Å². The van der Waals surface area contributed by atoms with Crippen LogP contribution in [0.4, 0.5) is 4.79 Å². The topological polar surface area (TPSA) is 87.7 Å². The number of carboxylic acids is 1. The van der Waals surface area contributed by atoms with E-state index >= 15 is 0 Å². The quantitative estimate of drug-likeness (QED) is 0.670. The smallest absolute Gasteiger partial charge is 0.315 e. The second-order valence-corrected chi connectivity index (χ2v) is 6.08. The van der Waals surface area contributed by atoms with Gasteiger partial charge in [-0.25, -0.2) is 4.79 Å². The van der Waals surface area contributed by atoms with Gasteiger partial charge in [0.05, 0.1) is 19.3 Å². The number of hydrogen-bond acceptors (Lipinski definition) is 4. The molecule has 102 valence electrons. The van der Waals surface area contributed by atoms with E-state index in [1.54, 1.807) is 11.8 Å². The third-order valence-corrected chi connectivity index (χ3v) is 4.94. The van der Waals surface area contributed by atoms with Crippen LogP contribution >= 0.6 is 11.8 Å². The van der Waals surface area contributed by atoms with Crippen LogP contribution in [0.3, 0.4) is 0 Å². The van der Waals surface area contributed by atoms with E-state index in [0.29, 0.717) is 6.54 Å². The third-order valence-electron chi connectivity index (χ3n) is 3.53. The Kier molecular flexibility index (Phi) is 4.01. The molecule has 1 aliphatic carbocycles. The Labute approximate surface area is 110 Å². The average molecular weight is 274 g/mol. The molecular weight excluding hydrogens is 256 g/mol. The summed E-state index contributed by atoms with van der Waals surface area (Å²) in [5.41, 5.74) is 0. The Morgan fingerprint density at radius 2 is 2.17 bits per heavy atom. The van der Waals surface area contributed by atoms with E-state index in [-0.39, 0.29) is 24.0 Å². The Morgan fingerprint density at radius 1 is 1.44 bits per heavy atom. The fraction of sp³-hybridized carbons (Fsp3) is 0.818. The third kappa shape index (κ3) is 3.08. The van der Waals surface area contributed by atoms with Gasteiger partial charge in [0.15, 0.2) is 0 Å². The summed E-state index contributed by atoms with van der Waals surface area (Å²) in [6, 6.07) is -0.746. The van der Waals surface area contributed by atoms with Crippen LogP contribution in [0.2, 0.25) is 0 Å². The zero-order valence-electron chi connectivity index (χ0n) is 10.3. The molecule has 2 rings (SSSR count). The summed E-state index contributed by atoms with van der Waals surface area (Å²) in [6.07, 6.45) is 4.29. The second-order valence-electron chi connectivity index (χ2n) is 4.80. The molecular formula is C11H18N2O4S. The first kappa shape index (κ1) is 13.5. The summed E-state index contributed by atoms with van der Waals surface area (Å²) >= 11 is 1.77. The van der Waals surface area contributed by atoms with Crippen molar-refractivity contribution in [2.75, 3.05) is 26.0 Å². The van der Waals surface area contributed by atoms with Crippen LogP contribution in [0.1, 0.15) is 12.8 Å². The fourth-order valence-electron chi connectivity index (χ4n) is 1.99. The molecule has 0 aromatic heterocycles. The minimum Gasteiger partial charge on any atom is -0.481 e. The molecule has 1 heterocycles. The summed E-state index contributed by atoms with van der Waals surface area (Å²) in [5, 5.41) is 14.4. The number of carbonyl (C=O) groups excluding carboxylic acids is 1. The van der Waals surface area contributed by atoms with Crippen molar-refractivity contribution in [1.29, 1.82) is 0 Å².